The highest BCUT2D eigenvalue weighted by molar-refractivity contribution is 4.87. The quantitative estimate of drug-likeness (QED) is 0.697. The van der Waals surface area contributed by atoms with E-state index in [1.54, 1.807) is 0 Å². The molecule has 0 unspecified atom stereocenters. The average molecular weight is 170 g/mol. The maximum Gasteiger partial charge on any atom is 0.0166 e. The molecule has 0 aromatic heterocycles. The second kappa shape index (κ2) is 4.24. The number of nitrogens with two attached hydrogens (primary N) is 1. The first kappa shape index (κ1) is 10.0. The maximum atomic E-state index is 6.28. The van der Waals surface area contributed by atoms with Crippen molar-refractivity contribution in [1.82, 2.24) is 4.90 Å². The van der Waals surface area contributed by atoms with Gasteiger partial charge >= 0.3 is 0 Å². The summed E-state index contributed by atoms with van der Waals surface area (Å²) in [6.45, 7) is 1.14. The molecule has 0 amide bonds. The van der Waals surface area contributed by atoms with Gasteiger partial charge in [0.15, 0.2) is 0 Å². The highest BCUT2D eigenvalue weighted by atomic mass is 15.1. The second-order valence-corrected chi connectivity index (χ2v) is 4.48. The van der Waals surface area contributed by atoms with Gasteiger partial charge in [-0.25, -0.2) is 0 Å². The molecule has 0 spiro atoms. The third kappa shape index (κ3) is 3.11. The van der Waals surface area contributed by atoms with Gasteiger partial charge in [-0.05, 0) is 39.9 Å². The number of nitrogens with zero attached hydrogens (tertiary/aromatic N) is 1. The standard InChI is InChI=1S/C10H22N2/c1-12(2)9-8-10(11)6-4-3-5-7-10/h3-9,11H2,1-2H3. The summed E-state index contributed by atoms with van der Waals surface area (Å²) in [6, 6.07) is 0. The summed E-state index contributed by atoms with van der Waals surface area (Å²) < 4.78 is 0. The van der Waals surface area contributed by atoms with E-state index in [2.05, 4.69) is 19.0 Å². The van der Waals surface area contributed by atoms with Gasteiger partial charge in [0.05, 0.1) is 0 Å². The number of rotatable bonds is 3. The molecular weight excluding hydrogens is 148 g/mol. The molecule has 1 aliphatic carbocycles. The summed E-state index contributed by atoms with van der Waals surface area (Å²) in [5.41, 5.74) is 6.45. The van der Waals surface area contributed by atoms with E-state index in [0.717, 1.165) is 6.54 Å². The fourth-order valence-electron chi connectivity index (χ4n) is 1.95. The molecular formula is C10H22N2. The zero-order valence-electron chi connectivity index (χ0n) is 8.47. The second-order valence-electron chi connectivity index (χ2n) is 4.48. The van der Waals surface area contributed by atoms with Gasteiger partial charge in [0, 0.05) is 5.54 Å². The van der Waals surface area contributed by atoms with Crippen LogP contribution in [0.25, 0.3) is 0 Å². The van der Waals surface area contributed by atoms with Crippen LogP contribution in [0.2, 0.25) is 0 Å². The van der Waals surface area contributed by atoms with Crippen molar-refractivity contribution in [2.75, 3.05) is 20.6 Å². The highest BCUT2D eigenvalue weighted by Gasteiger charge is 2.26. The molecule has 0 aromatic rings. The summed E-state index contributed by atoms with van der Waals surface area (Å²) in [4.78, 5) is 2.23. The van der Waals surface area contributed by atoms with Gasteiger partial charge in [-0.2, -0.15) is 0 Å². The van der Waals surface area contributed by atoms with Crippen LogP contribution >= 0.6 is 0 Å². The summed E-state index contributed by atoms with van der Waals surface area (Å²) in [5.74, 6) is 0. The van der Waals surface area contributed by atoms with Gasteiger partial charge in [-0.15, -0.1) is 0 Å². The first-order chi connectivity index (χ1) is 5.62. The Bertz CT molecular complexity index is 126. The van der Waals surface area contributed by atoms with Crippen LogP contribution in [0.3, 0.4) is 0 Å². The topological polar surface area (TPSA) is 29.3 Å². The average Bonchev–Trinajstić information content (AvgIpc) is 2.03. The van der Waals surface area contributed by atoms with Crippen molar-refractivity contribution in [2.45, 2.75) is 44.1 Å². The predicted octanol–water partition coefficient (Wildman–Crippen LogP) is 1.60. The third-order valence-corrected chi connectivity index (χ3v) is 2.91. The Balaban J connectivity index is 2.26. The van der Waals surface area contributed by atoms with Crippen LogP contribution in [0.5, 0.6) is 0 Å². The Morgan fingerprint density at radius 2 is 1.75 bits per heavy atom. The molecule has 1 aliphatic rings. The lowest BCUT2D eigenvalue weighted by Crippen LogP contribution is -2.43. The summed E-state index contributed by atoms with van der Waals surface area (Å²) >= 11 is 0. The first-order valence-electron chi connectivity index (χ1n) is 5.06. The van der Waals surface area contributed by atoms with E-state index in [1.807, 2.05) is 0 Å². The minimum absolute atomic E-state index is 0.169. The van der Waals surface area contributed by atoms with Crippen LogP contribution in [0.15, 0.2) is 0 Å². The van der Waals surface area contributed by atoms with Crippen molar-refractivity contribution < 1.29 is 0 Å². The molecule has 0 bridgehead atoms. The number of hydrogen-bond acceptors (Lipinski definition) is 2. The van der Waals surface area contributed by atoms with Crippen molar-refractivity contribution in [2.24, 2.45) is 5.73 Å². The van der Waals surface area contributed by atoms with E-state index in [0.29, 0.717) is 0 Å². The van der Waals surface area contributed by atoms with Gasteiger partial charge in [0.2, 0.25) is 0 Å². The Hall–Kier alpha value is -0.0800. The Labute approximate surface area is 76.1 Å². The van der Waals surface area contributed by atoms with Crippen LogP contribution in [0.4, 0.5) is 0 Å². The molecule has 1 saturated carbocycles. The largest absolute Gasteiger partial charge is 0.325 e. The molecule has 0 radical (unpaired) electrons. The van der Waals surface area contributed by atoms with E-state index < -0.39 is 0 Å². The molecule has 0 heterocycles. The fraction of sp³-hybridized carbons (Fsp3) is 1.00. The Kier molecular flexibility index (Phi) is 3.53. The van der Waals surface area contributed by atoms with Gasteiger partial charge in [-0.1, -0.05) is 19.3 Å². The van der Waals surface area contributed by atoms with Crippen molar-refractivity contribution >= 4 is 0 Å². The van der Waals surface area contributed by atoms with E-state index in [9.17, 15) is 0 Å². The molecule has 2 heteroatoms. The predicted molar refractivity (Wildman–Crippen MR) is 53.2 cm³/mol. The van der Waals surface area contributed by atoms with Gasteiger partial charge < -0.3 is 10.6 Å². The van der Waals surface area contributed by atoms with Crippen molar-refractivity contribution in [3.63, 3.8) is 0 Å². The monoisotopic (exact) mass is 170 g/mol. The van der Waals surface area contributed by atoms with Gasteiger partial charge in [0.1, 0.15) is 0 Å². The van der Waals surface area contributed by atoms with E-state index in [4.69, 9.17) is 5.73 Å². The SMILES string of the molecule is CN(C)CCC1(N)CCCCC1. The normalized spacial score (nSPS) is 23.0. The van der Waals surface area contributed by atoms with E-state index >= 15 is 0 Å². The summed E-state index contributed by atoms with van der Waals surface area (Å²) in [5, 5.41) is 0. The lowest BCUT2D eigenvalue weighted by atomic mass is 9.80. The van der Waals surface area contributed by atoms with E-state index in [1.165, 1.54) is 38.5 Å². The minimum atomic E-state index is 0.169. The van der Waals surface area contributed by atoms with Crippen LogP contribution < -0.4 is 5.73 Å². The molecule has 0 aromatic carbocycles. The molecule has 2 N–H and O–H groups in total. The first-order valence-corrected chi connectivity index (χ1v) is 5.06. The lowest BCUT2D eigenvalue weighted by molar-refractivity contribution is 0.246. The zero-order chi connectivity index (χ0) is 9.03. The summed E-state index contributed by atoms with van der Waals surface area (Å²) in [7, 11) is 4.23. The van der Waals surface area contributed by atoms with E-state index in [-0.39, 0.29) is 5.54 Å². The van der Waals surface area contributed by atoms with Crippen LogP contribution in [0, 0.1) is 0 Å². The van der Waals surface area contributed by atoms with Crippen LogP contribution in [0.1, 0.15) is 38.5 Å². The highest BCUT2D eigenvalue weighted by Crippen LogP contribution is 2.28. The Morgan fingerprint density at radius 1 is 1.17 bits per heavy atom. The molecule has 2 nitrogen and oxygen atoms in total. The van der Waals surface area contributed by atoms with Crippen LogP contribution in [-0.2, 0) is 0 Å². The van der Waals surface area contributed by atoms with Gasteiger partial charge in [-0.3, -0.25) is 0 Å². The molecule has 12 heavy (non-hydrogen) atoms. The van der Waals surface area contributed by atoms with Crippen molar-refractivity contribution in [3.05, 3.63) is 0 Å². The molecule has 0 atom stereocenters. The molecule has 1 fully saturated rings. The molecule has 1 rings (SSSR count). The minimum Gasteiger partial charge on any atom is -0.325 e. The van der Waals surface area contributed by atoms with Crippen molar-refractivity contribution in [3.8, 4) is 0 Å². The molecule has 0 aliphatic heterocycles. The number of hydrogen-bond donors (Lipinski definition) is 1. The lowest BCUT2D eigenvalue weighted by Gasteiger charge is -2.34. The molecule has 72 valence electrons. The molecule has 0 saturated heterocycles. The zero-order valence-corrected chi connectivity index (χ0v) is 8.47. The van der Waals surface area contributed by atoms with Crippen molar-refractivity contribution in [1.29, 1.82) is 0 Å². The van der Waals surface area contributed by atoms with Crippen LogP contribution in [-0.4, -0.2) is 31.1 Å². The summed E-state index contributed by atoms with van der Waals surface area (Å²) in [6.07, 6.45) is 7.70. The fourth-order valence-corrected chi connectivity index (χ4v) is 1.95. The third-order valence-electron chi connectivity index (χ3n) is 2.91. The van der Waals surface area contributed by atoms with Gasteiger partial charge in [0.25, 0.3) is 0 Å². The Morgan fingerprint density at radius 3 is 2.25 bits per heavy atom. The maximum absolute atomic E-state index is 6.28. The smallest absolute Gasteiger partial charge is 0.0166 e.